The molecule has 0 aliphatic carbocycles. The van der Waals surface area contributed by atoms with Crippen molar-refractivity contribution in [2.24, 2.45) is 11.3 Å². The number of sulfonamides is 1. The second kappa shape index (κ2) is 5.95. The molecule has 1 aromatic heterocycles. The third-order valence-corrected chi connectivity index (χ3v) is 7.61. The summed E-state index contributed by atoms with van der Waals surface area (Å²) in [4.78, 5) is 1.03. The number of alkyl halides is 1. The van der Waals surface area contributed by atoms with Gasteiger partial charge in [-0.2, -0.15) is 4.31 Å². The molecule has 0 amide bonds. The number of hydrogen-bond acceptors (Lipinski definition) is 3. The van der Waals surface area contributed by atoms with Crippen LogP contribution in [0.15, 0.2) is 16.3 Å². The maximum absolute atomic E-state index is 12.6. The molecule has 0 spiro atoms. The fraction of sp³-hybridized carbons (Fsp3) is 0.714. The smallest absolute Gasteiger partial charge is 0.206 e. The lowest BCUT2D eigenvalue weighted by molar-refractivity contribution is 0.252. The minimum Gasteiger partial charge on any atom is -0.206 e. The normalized spacial score (nSPS) is 21.5. The molecule has 1 saturated heterocycles. The van der Waals surface area contributed by atoms with Gasteiger partial charge in [-0.1, -0.05) is 20.8 Å². The monoisotopic (exact) mass is 335 g/mol. The molecular weight excluding hydrogens is 314 g/mol. The van der Waals surface area contributed by atoms with Crippen LogP contribution in [0.1, 0.15) is 32.1 Å². The maximum Gasteiger partial charge on any atom is 0.252 e. The Hall–Kier alpha value is -0.100. The molecule has 20 heavy (non-hydrogen) atoms. The maximum atomic E-state index is 12.6. The van der Waals surface area contributed by atoms with Crippen LogP contribution in [0.25, 0.3) is 0 Å². The fourth-order valence-corrected chi connectivity index (χ4v) is 5.83. The van der Waals surface area contributed by atoms with Crippen molar-refractivity contribution >= 4 is 33.0 Å². The number of rotatable bonds is 4. The molecule has 6 heteroatoms. The van der Waals surface area contributed by atoms with Gasteiger partial charge in [0.15, 0.2) is 0 Å². The van der Waals surface area contributed by atoms with Crippen molar-refractivity contribution in [3.05, 3.63) is 17.0 Å². The number of hydrogen-bond donors (Lipinski definition) is 0. The van der Waals surface area contributed by atoms with E-state index in [0.717, 1.165) is 17.7 Å². The first-order valence-electron chi connectivity index (χ1n) is 6.90. The molecule has 1 aromatic rings. The van der Waals surface area contributed by atoms with Crippen molar-refractivity contribution in [2.45, 2.75) is 37.8 Å². The van der Waals surface area contributed by atoms with E-state index in [1.165, 1.54) is 11.3 Å². The zero-order chi connectivity index (χ0) is 15.0. The second-order valence-corrected chi connectivity index (χ2v) is 10.1. The summed E-state index contributed by atoms with van der Waals surface area (Å²) < 4.78 is 27.3. The van der Waals surface area contributed by atoms with Crippen LogP contribution in [-0.4, -0.2) is 31.7 Å². The molecule has 1 atom stereocenters. The summed E-state index contributed by atoms with van der Waals surface area (Å²) in [6, 6.07) is 3.59. The molecule has 1 aliphatic rings. The van der Waals surface area contributed by atoms with Gasteiger partial charge >= 0.3 is 0 Å². The molecular formula is C14H22ClNO2S2. The standard InChI is InChI=1S/C14H22ClNO2S2/c1-14(2,3)11-7-9-16(10-11)20(17,18)13-5-4-12(19-13)6-8-15/h4-5,11H,6-10H2,1-3H3. The summed E-state index contributed by atoms with van der Waals surface area (Å²) in [5.74, 6) is 0.954. The van der Waals surface area contributed by atoms with Crippen LogP contribution in [0.4, 0.5) is 0 Å². The van der Waals surface area contributed by atoms with Gasteiger partial charge in [-0.25, -0.2) is 8.42 Å². The summed E-state index contributed by atoms with van der Waals surface area (Å²) in [6.45, 7) is 7.80. The molecule has 0 radical (unpaired) electrons. The summed E-state index contributed by atoms with van der Waals surface area (Å²) in [5.41, 5.74) is 0.156. The molecule has 0 saturated carbocycles. The zero-order valence-corrected chi connectivity index (χ0v) is 14.6. The van der Waals surface area contributed by atoms with Gasteiger partial charge in [-0.15, -0.1) is 22.9 Å². The Labute approximate surface area is 131 Å². The summed E-state index contributed by atoms with van der Waals surface area (Å²) in [5, 5.41) is 0. The van der Waals surface area contributed by atoms with Crippen LogP contribution < -0.4 is 0 Å². The van der Waals surface area contributed by atoms with Gasteiger partial charge in [0.1, 0.15) is 4.21 Å². The van der Waals surface area contributed by atoms with Crippen LogP contribution in [-0.2, 0) is 16.4 Å². The third-order valence-electron chi connectivity index (χ3n) is 3.95. The fourth-order valence-electron chi connectivity index (χ4n) is 2.51. The predicted octanol–water partition coefficient (Wildman–Crippen LogP) is 3.59. The van der Waals surface area contributed by atoms with E-state index in [1.807, 2.05) is 6.07 Å². The lowest BCUT2D eigenvalue weighted by atomic mass is 9.80. The molecule has 1 unspecified atom stereocenters. The Morgan fingerprint density at radius 3 is 2.65 bits per heavy atom. The van der Waals surface area contributed by atoms with Crippen LogP contribution in [0.5, 0.6) is 0 Å². The Balaban J connectivity index is 2.15. The largest absolute Gasteiger partial charge is 0.252 e. The molecule has 0 bridgehead atoms. The van der Waals surface area contributed by atoms with E-state index in [2.05, 4.69) is 20.8 Å². The van der Waals surface area contributed by atoms with Gasteiger partial charge in [-0.3, -0.25) is 0 Å². The molecule has 2 heterocycles. The molecule has 3 nitrogen and oxygen atoms in total. The first-order valence-corrected chi connectivity index (χ1v) is 9.69. The quantitative estimate of drug-likeness (QED) is 0.788. The lowest BCUT2D eigenvalue weighted by Crippen LogP contribution is -2.30. The number of halogens is 1. The van der Waals surface area contributed by atoms with E-state index < -0.39 is 10.0 Å². The first kappa shape index (κ1) is 16.3. The van der Waals surface area contributed by atoms with Crippen molar-refractivity contribution in [3.8, 4) is 0 Å². The molecule has 1 fully saturated rings. The molecule has 1 aliphatic heterocycles. The van der Waals surface area contributed by atoms with Crippen molar-refractivity contribution in [3.63, 3.8) is 0 Å². The zero-order valence-electron chi connectivity index (χ0n) is 12.2. The molecule has 0 N–H and O–H groups in total. The highest BCUT2D eigenvalue weighted by molar-refractivity contribution is 7.91. The van der Waals surface area contributed by atoms with Gasteiger partial charge in [0.05, 0.1) is 0 Å². The van der Waals surface area contributed by atoms with Gasteiger partial charge in [0.2, 0.25) is 0 Å². The van der Waals surface area contributed by atoms with Gasteiger partial charge in [0.25, 0.3) is 10.0 Å². The van der Waals surface area contributed by atoms with E-state index in [1.54, 1.807) is 10.4 Å². The summed E-state index contributed by atoms with van der Waals surface area (Å²) >= 11 is 7.05. The Morgan fingerprint density at radius 2 is 2.10 bits per heavy atom. The SMILES string of the molecule is CC(C)(C)C1CCN(S(=O)(=O)c2ccc(CCCl)s2)C1. The number of nitrogens with zero attached hydrogens (tertiary/aromatic N) is 1. The molecule has 0 aromatic carbocycles. The van der Waals surface area contributed by atoms with E-state index in [0.29, 0.717) is 29.1 Å². The Bertz CT molecular complexity index is 560. The van der Waals surface area contributed by atoms with Gasteiger partial charge in [-0.05, 0) is 36.3 Å². The minimum absolute atomic E-state index is 0.156. The van der Waals surface area contributed by atoms with E-state index in [4.69, 9.17) is 11.6 Å². The van der Waals surface area contributed by atoms with Gasteiger partial charge in [0, 0.05) is 23.8 Å². The Morgan fingerprint density at radius 1 is 1.40 bits per heavy atom. The lowest BCUT2D eigenvalue weighted by Gasteiger charge is -2.26. The highest BCUT2D eigenvalue weighted by atomic mass is 35.5. The van der Waals surface area contributed by atoms with Crippen LogP contribution in [0.3, 0.4) is 0 Å². The Kier molecular flexibility index (Phi) is 4.84. The van der Waals surface area contributed by atoms with Crippen molar-refractivity contribution in [1.82, 2.24) is 4.31 Å². The average Bonchev–Trinajstić information content (AvgIpc) is 2.97. The topological polar surface area (TPSA) is 37.4 Å². The predicted molar refractivity (Wildman–Crippen MR) is 85.1 cm³/mol. The summed E-state index contributed by atoms with van der Waals surface area (Å²) in [7, 11) is -3.32. The average molecular weight is 336 g/mol. The first-order chi connectivity index (χ1) is 9.25. The molecule has 114 valence electrons. The highest BCUT2D eigenvalue weighted by Gasteiger charge is 2.38. The van der Waals surface area contributed by atoms with E-state index in [-0.39, 0.29) is 5.41 Å². The second-order valence-electron chi connectivity index (χ2n) is 6.37. The van der Waals surface area contributed by atoms with Crippen molar-refractivity contribution < 1.29 is 8.42 Å². The van der Waals surface area contributed by atoms with Crippen LogP contribution in [0.2, 0.25) is 0 Å². The highest BCUT2D eigenvalue weighted by Crippen LogP contribution is 2.36. The molecule has 2 rings (SSSR count). The third kappa shape index (κ3) is 3.38. The van der Waals surface area contributed by atoms with Crippen LogP contribution >= 0.6 is 22.9 Å². The number of thiophene rings is 1. The van der Waals surface area contributed by atoms with E-state index in [9.17, 15) is 8.42 Å². The van der Waals surface area contributed by atoms with Crippen molar-refractivity contribution in [2.75, 3.05) is 19.0 Å². The number of aryl methyl sites for hydroxylation is 1. The van der Waals surface area contributed by atoms with Crippen molar-refractivity contribution in [1.29, 1.82) is 0 Å². The van der Waals surface area contributed by atoms with E-state index >= 15 is 0 Å². The van der Waals surface area contributed by atoms with Gasteiger partial charge < -0.3 is 0 Å². The minimum atomic E-state index is -3.32. The van der Waals surface area contributed by atoms with Crippen LogP contribution in [0, 0.1) is 11.3 Å². The summed E-state index contributed by atoms with van der Waals surface area (Å²) in [6.07, 6.45) is 1.68.